The van der Waals surface area contributed by atoms with Crippen LogP contribution < -0.4 is 21.8 Å². The first-order valence-electron chi connectivity index (χ1n) is 3.80. The second kappa shape index (κ2) is 5.82. The van der Waals surface area contributed by atoms with Crippen LogP contribution in [0.15, 0.2) is 29.5 Å². The Morgan fingerprint density at radius 2 is 2.15 bits per heavy atom. The highest BCUT2D eigenvalue weighted by Gasteiger charge is 2.01. The number of aliphatic imine (C=N–C) groups is 1. The molecular formula is C8H16N5+. The maximum atomic E-state index is 5.54. The number of nitrogens with one attached hydrogen (secondary N) is 2. The highest BCUT2D eigenvalue weighted by atomic mass is 15.1. The highest BCUT2D eigenvalue weighted by Crippen LogP contribution is 1.79. The normalized spacial score (nSPS) is 14.2. The maximum Gasteiger partial charge on any atom is 0.390 e. The molecule has 0 radical (unpaired) electrons. The first-order valence-corrected chi connectivity index (χ1v) is 3.80. The second-order valence-electron chi connectivity index (χ2n) is 2.37. The molecule has 0 unspecified atom stereocenters. The fraction of sp³-hybridized carbons (Fsp3) is 0.250. The van der Waals surface area contributed by atoms with Crippen LogP contribution in [-0.2, 0) is 0 Å². The van der Waals surface area contributed by atoms with Crippen LogP contribution in [0.25, 0.3) is 0 Å². The van der Waals surface area contributed by atoms with E-state index in [2.05, 4.69) is 21.9 Å². The van der Waals surface area contributed by atoms with Gasteiger partial charge in [-0.1, -0.05) is 11.6 Å². The lowest BCUT2D eigenvalue weighted by Gasteiger charge is -1.91. The lowest BCUT2D eigenvalue weighted by Crippen LogP contribution is -2.70. The highest BCUT2D eigenvalue weighted by molar-refractivity contribution is 5.99. The molecule has 5 nitrogen and oxygen atoms in total. The first kappa shape index (κ1) is 11.2. The lowest BCUT2D eigenvalue weighted by atomic mass is 10.4. The van der Waals surface area contributed by atoms with Crippen molar-refractivity contribution in [2.75, 3.05) is 7.05 Å². The third-order valence-electron chi connectivity index (χ3n) is 1.09. The van der Waals surface area contributed by atoms with Crippen LogP contribution in [-0.4, -0.2) is 18.8 Å². The molecule has 0 aromatic heterocycles. The minimum absolute atomic E-state index is 0.332. The molecule has 0 saturated heterocycles. The van der Waals surface area contributed by atoms with Gasteiger partial charge in [0.25, 0.3) is 0 Å². The number of hydrogen-bond acceptors (Lipinski definition) is 1. The van der Waals surface area contributed by atoms with Gasteiger partial charge in [-0.15, -0.1) is 0 Å². The van der Waals surface area contributed by atoms with Crippen LogP contribution >= 0.6 is 0 Å². The molecule has 0 fully saturated rings. The molecule has 0 aliphatic heterocycles. The van der Waals surface area contributed by atoms with Gasteiger partial charge in [-0.3, -0.25) is 4.99 Å². The Bertz CT molecular complexity index is 258. The van der Waals surface area contributed by atoms with Gasteiger partial charge in [-0.2, -0.15) is 0 Å². The summed E-state index contributed by atoms with van der Waals surface area (Å²) in [5.41, 5.74) is 11.6. The van der Waals surface area contributed by atoms with Gasteiger partial charge in [-0.05, 0) is 6.92 Å². The van der Waals surface area contributed by atoms with E-state index >= 15 is 0 Å². The number of guanidine groups is 1. The summed E-state index contributed by atoms with van der Waals surface area (Å²) in [6, 6.07) is 0. The minimum Gasteiger partial charge on any atom is -0.402 e. The van der Waals surface area contributed by atoms with Crippen LogP contribution in [0, 0.1) is 0 Å². The predicted octanol–water partition coefficient (Wildman–Crippen LogP) is -1.99. The van der Waals surface area contributed by atoms with Crippen LogP contribution in [0.3, 0.4) is 0 Å². The van der Waals surface area contributed by atoms with E-state index < -0.39 is 0 Å². The number of allylic oxidation sites excluding steroid dienone is 1. The van der Waals surface area contributed by atoms with Crippen molar-refractivity contribution in [1.82, 2.24) is 5.32 Å². The Kier molecular flexibility index (Phi) is 5.02. The van der Waals surface area contributed by atoms with Crippen molar-refractivity contribution < 1.29 is 4.99 Å². The number of rotatable bonds is 2. The van der Waals surface area contributed by atoms with Crippen LogP contribution in [0.1, 0.15) is 6.92 Å². The van der Waals surface area contributed by atoms with Gasteiger partial charge in [0.05, 0.1) is 13.2 Å². The molecule has 0 atom stereocenters. The van der Waals surface area contributed by atoms with Crippen LogP contribution in [0.2, 0.25) is 0 Å². The molecular weight excluding hydrogens is 166 g/mol. The molecule has 0 bridgehead atoms. The average Bonchev–Trinajstić information content (AvgIpc) is 2.02. The number of nitrogens with two attached hydrogens (primary N) is 2. The Morgan fingerprint density at radius 3 is 2.54 bits per heavy atom. The maximum absolute atomic E-state index is 5.54. The quantitative estimate of drug-likeness (QED) is 0.294. The molecule has 0 aromatic rings. The van der Waals surface area contributed by atoms with Gasteiger partial charge >= 0.3 is 5.96 Å². The smallest absolute Gasteiger partial charge is 0.390 e. The summed E-state index contributed by atoms with van der Waals surface area (Å²) in [5.74, 6) is 0.851. The Hall–Kier alpha value is -1.78. The van der Waals surface area contributed by atoms with Crippen molar-refractivity contribution in [1.29, 1.82) is 0 Å². The zero-order valence-corrected chi connectivity index (χ0v) is 7.96. The predicted molar refractivity (Wildman–Crippen MR) is 54.8 cm³/mol. The molecule has 0 saturated carbocycles. The zero-order chi connectivity index (χ0) is 10.3. The standard InChI is InChI=1S/C8H15N5/c1-4-12-8(11-3)13-7(10)5-6(2)9/h4-5H,1,9H2,2-3H3,(H3,10,11,12,13)/p+1/b6-5-. The third-order valence-corrected chi connectivity index (χ3v) is 1.09. The van der Waals surface area contributed by atoms with Gasteiger partial charge in [-0.25, -0.2) is 5.32 Å². The first-order chi connectivity index (χ1) is 6.10. The van der Waals surface area contributed by atoms with Crippen LogP contribution in [0.5, 0.6) is 0 Å². The summed E-state index contributed by atoms with van der Waals surface area (Å²) < 4.78 is 0. The van der Waals surface area contributed by atoms with E-state index in [0.717, 1.165) is 0 Å². The van der Waals surface area contributed by atoms with E-state index in [9.17, 15) is 0 Å². The SMILES string of the molecule is C=CNC(N=C(N)/C=C(/C)N)=[NH+]C. The molecule has 72 valence electrons. The van der Waals surface area contributed by atoms with E-state index in [0.29, 0.717) is 17.5 Å². The molecule has 0 spiro atoms. The summed E-state index contributed by atoms with van der Waals surface area (Å²) in [6.45, 7) is 5.23. The molecule has 0 aromatic carbocycles. The molecule has 5 heteroatoms. The monoisotopic (exact) mass is 182 g/mol. The molecule has 0 aliphatic rings. The minimum atomic E-state index is 0.332. The fourth-order valence-electron chi connectivity index (χ4n) is 0.652. The molecule has 0 amide bonds. The van der Waals surface area contributed by atoms with Crippen molar-refractivity contribution >= 4 is 11.8 Å². The largest absolute Gasteiger partial charge is 0.402 e. The van der Waals surface area contributed by atoms with Gasteiger partial charge in [0.15, 0.2) is 0 Å². The molecule has 0 aliphatic carbocycles. The summed E-state index contributed by atoms with van der Waals surface area (Å²) in [7, 11) is 1.72. The Balaban J connectivity index is 4.52. The van der Waals surface area contributed by atoms with E-state index in [1.807, 2.05) is 0 Å². The number of amidine groups is 1. The number of hydrogen-bond donors (Lipinski definition) is 4. The Morgan fingerprint density at radius 1 is 1.54 bits per heavy atom. The summed E-state index contributed by atoms with van der Waals surface area (Å²) in [5, 5.41) is 2.77. The van der Waals surface area contributed by atoms with E-state index in [-0.39, 0.29) is 0 Å². The van der Waals surface area contributed by atoms with Crippen molar-refractivity contribution in [2.24, 2.45) is 16.5 Å². The number of nitrogens with zero attached hydrogens (tertiary/aromatic N) is 1. The van der Waals surface area contributed by atoms with Gasteiger partial charge in [0.1, 0.15) is 0 Å². The van der Waals surface area contributed by atoms with Crippen LogP contribution in [0.4, 0.5) is 0 Å². The average molecular weight is 182 g/mol. The van der Waals surface area contributed by atoms with Gasteiger partial charge in [0, 0.05) is 11.8 Å². The zero-order valence-electron chi connectivity index (χ0n) is 7.96. The Labute approximate surface area is 77.9 Å². The summed E-state index contributed by atoms with van der Waals surface area (Å²) in [6.07, 6.45) is 3.07. The van der Waals surface area contributed by atoms with E-state index in [1.165, 1.54) is 6.20 Å². The van der Waals surface area contributed by atoms with Crippen molar-refractivity contribution in [3.63, 3.8) is 0 Å². The topological polar surface area (TPSA) is 90.4 Å². The molecule has 0 rings (SSSR count). The van der Waals surface area contributed by atoms with Crippen molar-refractivity contribution in [2.45, 2.75) is 6.92 Å². The van der Waals surface area contributed by atoms with Gasteiger partial charge < -0.3 is 11.5 Å². The van der Waals surface area contributed by atoms with Crippen molar-refractivity contribution in [3.05, 3.63) is 24.6 Å². The molecule has 13 heavy (non-hydrogen) atoms. The summed E-state index contributed by atoms with van der Waals surface area (Å²) >= 11 is 0. The molecule has 6 N–H and O–H groups in total. The third kappa shape index (κ3) is 5.49. The van der Waals surface area contributed by atoms with E-state index in [1.54, 1.807) is 20.0 Å². The summed E-state index contributed by atoms with van der Waals surface area (Å²) in [4.78, 5) is 6.79. The van der Waals surface area contributed by atoms with E-state index in [4.69, 9.17) is 11.5 Å². The lowest BCUT2D eigenvalue weighted by molar-refractivity contribution is -0.422. The van der Waals surface area contributed by atoms with Gasteiger partial charge in [0.2, 0.25) is 5.84 Å². The fourth-order valence-corrected chi connectivity index (χ4v) is 0.652. The second-order valence-corrected chi connectivity index (χ2v) is 2.37. The van der Waals surface area contributed by atoms with Crippen molar-refractivity contribution in [3.8, 4) is 0 Å². The molecule has 0 heterocycles.